The van der Waals surface area contributed by atoms with Crippen LogP contribution in [0.2, 0.25) is 0 Å². The smallest absolute Gasteiger partial charge is 0.303 e. The number of ether oxygens (including phenoxy) is 1. The first kappa shape index (κ1) is 28.4. The molecule has 43 heavy (non-hydrogen) atoms. The van der Waals surface area contributed by atoms with Crippen molar-refractivity contribution in [3.8, 4) is 17.1 Å². The molecule has 4 fully saturated rings. The molecule has 10 heteroatoms. The summed E-state index contributed by atoms with van der Waals surface area (Å²) >= 11 is 0. The largest absolute Gasteiger partial charge is 0.507 e. The predicted octanol–water partition coefficient (Wildman–Crippen LogP) is 6.06. The first-order valence-corrected chi connectivity index (χ1v) is 14.3. The van der Waals surface area contributed by atoms with Crippen LogP contribution in [0.1, 0.15) is 63.2 Å². The lowest BCUT2D eigenvalue weighted by Crippen LogP contribution is -2.60. The number of esters is 1. The molecule has 0 radical (unpaired) electrons. The molecule has 8 rings (SSSR count). The molecule has 2 aromatic carbocycles. The van der Waals surface area contributed by atoms with E-state index in [2.05, 4.69) is 25.6 Å². The number of phenolic OH excluding ortho intramolecular Hbond substituents is 1. The minimum Gasteiger partial charge on any atom is -0.507 e. The van der Waals surface area contributed by atoms with Gasteiger partial charge in [-0.25, -0.2) is 9.97 Å². The number of hydrogen-bond donors (Lipinski definition) is 4. The topological polar surface area (TPSA) is 146 Å². The first-order chi connectivity index (χ1) is 20.2. The second-order valence-corrected chi connectivity index (χ2v) is 12.2. The van der Waals surface area contributed by atoms with Gasteiger partial charge in [0.15, 0.2) is 0 Å². The molecule has 4 N–H and O–H groups in total. The summed E-state index contributed by atoms with van der Waals surface area (Å²) in [6.07, 6.45) is 6.49. The molecular weight excluding hydrogens is 546 g/mol. The van der Waals surface area contributed by atoms with Crippen molar-refractivity contribution in [2.75, 3.05) is 10.6 Å². The number of phenols is 1. The van der Waals surface area contributed by atoms with E-state index in [-0.39, 0.29) is 31.0 Å². The number of hydrogen-bond acceptors (Lipinski definition) is 7. The van der Waals surface area contributed by atoms with Crippen molar-refractivity contribution in [3.63, 3.8) is 0 Å². The summed E-state index contributed by atoms with van der Waals surface area (Å²) in [6, 6.07) is 15.4. The number of pyridine rings is 1. The quantitative estimate of drug-likeness (QED) is 0.202. The number of carbonyl (C=O) groups is 3. The van der Waals surface area contributed by atoms with Crippen LogP contribution in [-0.2, 0) is 14.3 Å². The van der Waals surface area contributed by atoms with Crippen molar-refractivity contribution in [3.05, 3.63) is 66.4 Å². The molecule has 2 unspecified atom stereocenters. The minimum absolute atomic E-state index is 0. The number of aromatic amines is 1. The van der Waals surface area contributed by atoms with E-state index in [4.69, 9.17) is 4.74 Å². The predicted molar refractivity (Wildman–Crippen MR) is 162 cm³/mol. The Balaban J connectivity index is 0.00000329. The maximum Gasteiger partial charge on any atom is 0.303 e. The fraction of sp³-hybridized carbons (Fsp3) is 0.364. The molecule has 0 saturated heterocycles. The lowest BCUT2D eigenvalue weighted by atomic mass is 9.47. The Hall–Kier alpha value is -4.73. The van der Waals surface area contributed by atoms with E-state index in [1.54, 1.807) is 54.7 Å². The van der Waals surface area contributed by atoms with Gasteiger partial charge in [0.25, 0.3) is 5.91 Å². The van der Waals surface area contributed by atoms with Crippen LogP contribution in [0.4, 0.5) is 11.5 Å². The highest BCUT2D eigenvalue weighted by Gasteiger charge is 2.62. The van der Waals surface area contributed by atoms with Crippen molar-refractivity contribution in [1.29, 1.82) is 0 Å². The molecule has 4 aliphatic rings. The minimum atomic E-state index is -0.576. The molecule has 2 amide bonds. The Kier molecular flexibility index (Phi) is 6.95. The van der Waals surface area contributed by atoms with Crippen molar-refractivity contribution in [1.82, 2.24) is 15.0 Å². The van der Waals surface area contributed by atoms with Crippen LogP contribution in [-0.4, -0.2) is 43.4 Å². The SMILES string of the molecule is C.CC(=O)OC12CC3CC(C1)CC(C(=O)Nc1ccc(-c4nc5ccc(C(=O)Nc6ccccn6)cc5[nH]4)c(O)c1)(C3)C2. The van der Waals surface area contributed by atoms with Gasteiger partial charge in [0, 0.05) is 36.9 Å². The molecule has 0 spiro atoms. The van der Waals surface area contributed by atoms with Crippen molar-refractivity contribution in [2.24, 2.45) is 17.3 Å². The molecule has 2 heterocycles. The van der Waals surface area contributed by atoms with Crippen LogP contribution in [0.5, 0.6) is 5.75 Å². The summed E-state index contributed by atoms with van der Waals surface area (Å²) < 4.78 is 5.84. The molecule has 4 aromatic rings. The highest BCUT2D eigenvalue weighted by Crippen LogP contribution is 2.63. The summed E-state index contributed by atoms with van der Waals surface area (Å²) in [5.74, 6) is 0.935. The van der Waals surface area contributed by atoms with Crippen molar-refractivity contribution in [2.45, 2.75) is 58.5 Å². The Bertz CT molecular complexity index is 1720. The summed E-state index contributed by atoms with van der Waals surface area (Å²) in [4.78, 5) is 50.2. The van der Waals surface area contributed by atoms with Gasteiger partial charge in [-0.1, -0.05) is 13.5 Å². The fourth-order valence-corrected chi connectivity index (χ4v) is 7.85. The lowest BCUT2D eigenvalue weighted by Gasteiger charge is -2.60. The van der Waals surface area contributed by atoms with E-state index in [1.165, 1.54) is 13.0 Å². The van der Waals surface area contributed by atoms with Gasteiger partial charge in [-0.3, -0.25) is 14.4 Å². The third-order valence-electron chi connectivity index (χ3n) is 9.01. The van der Waals surface area contributed by atoms with Crippen LogP contribution in [0.3, 0.4) is 0 Å². The number of aromatic hydroxyl groups is 1. The van der Waals surface area contributed by atoms with E-state index in [0.29, 0.717) is 57.7 Å². The number of amides is 2. The third-order valence-corrected chi connectivity index (χ3v) is 9.01. The van der Waals surface area contributed by atoms with Crippen LogP contribution >= 0.6 is 0 Å². The van der Waals surface area contributed by atoms with Crippen LogP contribution in [0.15, 0.2) is 60.8 Å². The van der Waals surface area contributed by atoms with E-state index >= 15 is 0 Å². The van der Waals surface area contributed by atoms with E-state index in [1.807, 2.05) is 0 Å². The standard InChI is InChI=1S/C32H31N5O5.CH4/c1-18(38)42-32-15-19-10-20(16-32)14-31(13-19,17-32)30(41)34-22-6-7-23(26(39)12-22)28-35-24-8-5-21(11-25(24)36-28)29(40)37-27-4-2-3-9-33-27;/h2-9,11-12,19-20,39H,10,13-17H2,1H3,(H,34,41)(H,35,36)(H,33,37,40);1H4. The van der Waals surface area contributed by atoms with E-state index in [0.717, 1.165) is 32.1 Å². The maximum absolute atomic E-state index is 13.7. The van der Waals surface area contributed by atoms with E-state index < -0.39 is 11.0 Å². The number of benzene rings is 2. The second-order valence-electron chi connectivity index (χ2n) is 12.2. The van der Waals surface area contributed by atoms with Crippen molar-refractivity contribution >= 4 is 40.3 Å². The van der Waals surface area contributed by atoms with Crippen LogP contribution in [0, 0.1) is 17.3 Å². The molecule has 10 nitrogen and oxygen atoms in total. The Morgan fingerprint density at radius 1 is 1.00 bits per heavy atom. The molecule has 4 saturated carbocycles. The number of nitrogens with zero attached hydrogens (tertiary/aromatic N) is 2. The Labute approximate surface area is 249 Å². The van der Waals surface area contributed by atoms with Gasteiger partial charge in [-0.2, -0.15) is 0 Å². The molecule has 0 aliphatic heterocycles. The zero-order chi connectivity index (χ0) is 29.1. The normalized spacial score (nSPS) is 25.1. The highest BCUT2D eigenvalue weighted by atomic mass is 16.6. The molecule has 4 bridgehead atoms. The number of fused-ring (bicyclic) bond motifs is 1. The number of rotatable bonds is 6. The van der Waals surface area contributed by atoms with Gasteiger partial charge in [-0.15, -0.1) is 0 Å². The number of H-pyrrole nitrogens is 1. The third kappa shape index (κ3) is 5.22. The Morgan fingerprint density at radius 3 is 2.49 bits per heavy atom. The number of anilines is 2. The second kappa shape index (κ2) is 10.5. The number of carbonyl (C=O) groups excluding carboxylic acids is 3. The fourth-order valence-electron chi connectivity index (χ4n) is 7.85. The van der Waals surface area contributed by atoms with Gasteiger partial charge in [-0.05, 0) is 86.4 Å². The average Bonchev–Trinajstić information content (AvgIpc) is 3.35. The van der Waals surface area contributed by atoms with Gasteiger partial charge in [0.2, 0.25) is 5.91 Å². The van der Waals surface area contributed by atoms with Gasteiger partial charge < -0.3 is 25.5 Å². The molecule has 4 aliphatic carbocycles. The molecular formula is C33H35N5O5. The van der Waals surface area contributed by atoms with Gasteiger partial charge in [0.05, 0.1) is 22.0 Å². The summed E-state index contributed by atoms with van der Waals surface area (Å²) in [5, 5.41) is 16.7. The highest BCUT2D eigenvalue weighted by molar-refractivity contribution is 6.05. The van der Waals surface area contributed by atoms with Crippen molar-refractivity contribution < 1.29 is 24.2 Å². The van der Waals surface area contributed by atoms with Crippen LogP contribution < -0.4 is 10.6 Å². The van der Waals surface area contributed by atoms with Gasteiger partial charge in [0.1, 0.15) is 23.0 Å². The molecule has 222 valence electrons. The number of nitrogens with one attached hydrogen (secondary N) is 3. The maximum atomic E-state index is 13.7. The molecule has 2 aromatic heterocycles. The number of imidazole rings is 1. The first-order valence-electron chi connectivity index (χ1n) is 14.3. The van der Waals surface area contributed by atoms with E-state index in [9.17, 15) is 19.5 Å². The Morgan fingerprint density at radius 2 is 1.79 bits per heavy atom. The molecule has 2 atom stereocenters. The van der Waals surface area contributed by atoms with Crippen LogP contribution in [0.25, 0.3) is 22.4 Å². The summed E-state index contributed by atoms with van der Waals surface area (Å²) in [7, 11) is 0. The van der Waals surface area contributed by atoms with Gasteiger partial charge >= 0.3 is 5.97 Å². The zero-order valence-corrected chi connectivity index (χ0v) is 23.1. The zero-order valence-electron chi connectivity index (χ0n) is 23.1. The monoisotopic (exact) mass is 581 g/mol. The lowest BCUT2D eigenvalue weighted by molar-refractivity contribution is -0.200. The summed E-state index contributed by atoms with van der Waals surface area (Å²) in [5.41, 5.74) is 1.55. The number of aromatic nitrogens is 3. The summed E-state index contributed by atoms with van der Waals surface area (Å²) in [6.45, 7) is 1.44. The average molecular weight is 582 g/mol.